The third-order valence-electron chi connectivity index (χ3n) is 5.53. The highest BCUT2D eigenvalue weighted by molar-refractivity contribution is 7.92. The molecule has 0 spiro atoms. The largest absolute Gasteiger partial charge is 0.322 e. The van der Waals surface area contributed by atoms with E-state index in [1.807, 2.05) is 0 Å². The molecular weight excluding hydrogens is 367 g/mol. The van der Waals surface area contributed by atoms with Crippen LogP contribution < -0.4 is 5.32 Å². The van der Waals surface area contributed by atoms with Gasteiger partial charge in [0.25, 0.3) is 0 Å². The third kappa shape index (κ3) is 3.43. The van der Waals surface area contributed by atoms with Crippen molar-refractivity contribution in [2.75, 3.05) is 5.32 Å². The van der Waals surface area contributed by atoms with Gasteiger partial charge in [-0.25, -0.2) is 17.6 Å². The number of fused-ring (bicyclic) bond motifs is 2. The number of rotatable bonds is 3. The van der Waals surface area contributed by atoms with Crippen molar-refractivity contribution in [3.63, 3.8) is 0 Å². The maximum absolute atomic E-state index is 13.0. The van der Waals surface area contributed by atoms with Crippen molar-refractivity contribution in [3.05, 3.63) is 60.4 Å². The number of piperidine rings is 1. The van der Waals surface area contributed by atoms with E-state index in [1.165, 1.54) is 24.3 Å². The van der Waals surface area contributed by atoms with Crippen molar-refractivity contribution < 1.29 is 17.6 Å². The fourth-order valence-corrected chi connectivity index (χ4v) is 6.11. The zero-order valence-electron chi connectivity index (χ0n) is 14.7. The number of benzene rings is 2. The first-order valence-electron chi connectivity index (χ1n) is 9.09. The van der Waals surface area contributed by atoms with Crippen molar-refractivity contribution >= 4 is 21.6 Å². The molecule has 0 saturated carbocycles. The number of hydrogen-bond acceptors (Lipinski definition) is 3. The zero-order chi connectivity index (χ0) is 19.0. The summed E-state index contributed by atoms with van der Waals surface area (Å²) in [5.41, 5.74) is 0.528. The molecule has 142 valence electrons. The smallest absolute Gasteiger partial charge is 0.318 e. The standard InChI is InChI=1S/C20H21FN2O3S/c21-14-6-8-15(9-7-14)22-20(24)23-16-10-11-17(23)13-19(12-16)27(25,26)18-4-2-1-3-5-18/h1-9,16-17,19H,10-13H2,(H,22,24)/t16-,17-/m0/s1. The molecule has 7 heteroatoms. The Labute approximate surface area is 158 Å². The van der Waals surface area contributed by atoms with E-state index in [-0.39, 0.29) is 23.9 Å². The lowest BCUT2D eigenvalue weighted by atomic mass is 10.0. The lowest BCUT2D eigenvalue weighted by Gasteiger charge is -2.38. The Morgan fingerprint density at radius 2 is 1.56 bits per heavy atom. The number of hydrogen-bond donors (Lipinski definition) is 1. The Kier molecular flexibility index (Phi) is 4.63. The van der Waals surface area contributed by atoms with Crippen LogP contribution in [-0.4, -0.2) is 36.7 Å². The van der Waals surface area contributed by atoms with Crippen LogP contribution in [0.25, 0.3) is 0 Å². The van der Waals surface area contributed by atoms with Gasteiger partial charge in [0.05, 0.1) is 10.1 Å². The number of sulfone groups is 1. The number of nitrogens with one attached hydrogen (secondary N) is 1. The van der Waals surface area contributed by atoms with Crippen LogP contribution in [0, 0.1) is 5.82 Å². The Morgan fingerprint density at radius 3 is 2.15 bits per heavy atom. The summed E-state index contributed by atoms with van der Waals surface area (Å²) in [6.07, 6.45) is 2.51. The lowest BCUT2D eigenvalue weighted by Crippen LogP contribution is -2.51. The van der Waals surface area contributed by atoms with Gasteiger partial charge in [0.1, 0.15) is 5.82 Å². The molecule has 2 fully saturated rings. The summed E-state index contributed by atoms with van der Waals surface area (Å²) in [6, 6.07) is 13.7. The second-order valence-corrected chi connectivity index (χ2v) is 9.41. The second kappa shape index (κ2) is 6.96. The van der Waals surface area contributed by atoms with E-state index in [9.17, 15) is 17.6 Å². The first-order chi connectivity index (χ1) is 12.9. The van der Waals surface area contributed by atoms with Crippen LogP contribution in [0.3, 0.4) is 0 Å². The van der Waals surface area contributed by atoms with E-state index in [1.54, 1.807) is 35.2 Å². The summed E-state index contributed by atoms with van der Waals surface area (Å²) < 4.78 is 38.9. The molecule has 0 unspecified atom stereocenters. The molecule has 2 aliphatic heterocycles. The van der Waals surface area contributed by atoms with Gasteiger partial charge in [-0.2, -0.15) is 0 Å². The van der Waals surface area contributed by atoms with E-state index < -0.39 is 15.1 Å². The second-order valence-electron chi connectivity index (χ2n) is 7.18. The summed E-state index contributed by atoms with van der Waals surface area (Å²) >= 11 is 0. The van der Waals surface area contributed by atoms with Gasteiger partial charge < -0.3 is 10.2 Å². The summed E-state index contributed by atoms with van der Waals surface area (Å²) in [4.78, 5) is 14.8. The van der Waals surface area contributed by atoms with Crippen LogP contribution >= 0.6 is 0 Å². The van der Waals surface area contributed by atoms with Gasteiger partial charge in [-0.15, -0.1) is 0 Å². The van der Waals surface area contributed by atoms with Crippen LogP contribution in [-0.2, 0) is 9.84 Å². The van der Waals surface area contributed by atoms with Crippen molar-refractivity contribution in [3.8, 4) is 0 Å². The molecule has 0 aromatic heterocycles. The first-order valence-corrected chi connectivity index (χ1v) is 10.6. The van der Waals surface area contributed by atoms with Gasteiger partial charge in [0.2, 0.25) is 0 Å². The van der Waals surface area contributed by atoms with Gasteiger partial charge >= 0.3 is 6.03 Å². The Balaban J connectivity index is 1.49. The minimum absolute atomic E-state index is 0.0901. The van der Waals surface area contributed by atoms with Gasteiger partial charge in [0.15, 0.2) is 9.84 Å². The van der Waals surface area contributed by atoms with Crippen molar-refractivity contribution in [1.29, 1.82) is 0 Å². The predicted octanol–water partition coefficient (Wildman–Crippen LogP) is 3.83. The summed E-state index contributed by atoms with van der Waals surface area (Å²) in [6.45, 7) is 0. The van der Waals surface area contributed by atoms with Crippen LogP contribution in [0.2, 0.25) is 0 Å². The number of amides is 2. The summed E-state index contributed by atoms with van der Waals surface area (Å²) in [7, 11) is -3.40. The fraction of sp³-hybridized carbons (Fsp3) is 0.350. The highest BCUT2D eigenvalue weighted by Gasteiger charge is 2.47. The SMILES string of the molecule is O=C(Nc1ccc(F)cc1)N1[C@H]2CC[C@H]1CC(S(=O)(=O)c1ccccc1)C2. The third-order valence-corrected chi connectivity index (χ3v) is 7.72. The van der Waals surface area contributed by atoms with Crippen molar-refractivity contribution in [2.24, 2.45) is 0 Å². The minimum atomic E-state index is -3.40. The minimum Gasteiger partial charge on any atom is -0.318 e. The van der Waals surface area contributed by atoms with Gasteiger partial charge in [-0.3, -0.25) is 0 Å². The maximum Gasteiger partial charge on any atom is 0.322 e. The zero-order valence-corrected chi connectivity index (χ0v) is 15.5. The van der Waals surface area contributed by atoms with E-state index in [0.29, 0.717) is 23.4 Å². The molecule has 2 aliphatic rings. The van der Waals surface area contributed by atoms with Crippen molar-refractivity contribution in [2.45, 2.75) is 47.9 Å². The fourth-order valence-electron chi connectivity index (χ4n) is 4.24. The lowest BCUT2D eigenvalue weighted by molar-refractivity contribution is 0.160. The Morgan fingerprint density at radius 1 is 0.963 bits per heavy atom. The van der Waals surface area contributed by atoms with Crippen LogP contribution in [0.5, 0.6) is 0 Å². The summed E-state index contributed by atoms with van der Waals surface area (Å²) in [5, 5.41) is 2.33. The van der Waals surface area contributed by atoms with E-state index in [4.69, 9.17) is 0 Å². The molecular formula is C20H21FN2O3S. The molecule has 0 radical (unpaired) electrons. The predicted molar refractivity (Wildman–Crippen MR) is 101 cm³/mol. The topological polar surface area (TPSA) is 66.5 Å². The highest BCUT2D eigenvalue weighted by Crippen LogP contribution is 2.40. The number of anilines is 1. The molecule has 2 aromatic rings. The average molecular weight is 388 g/mol. The quantitative estimate of drug-likeness (QED) is 0.869. The molecule has 2 heterocycles. The molecule has 27 heavy (non-hydrogen) atoms. The van der Waals surface area contributed by atoms with E-state index in [0.717, 1.165) is 12.8 Å². The van der Waals surface area contributed by atoms with Gasteiger partial charge in [-0.1, -0.05) is 18.2 Å². The maximum atomic E-state index is 13.0. The molecule has 2 saturated heterocycles. The molecule has 2 bridgehead atoms. The van der Waals surface area contributed by atoms with Crippen LogP contribution in [0.1, 0.15) is 25.7 Å². The number of carbonyl (C=O) groups is 1. The van der Waals surface area contributed by atoms with Crippen LogP contribution in [0.15, 0.2) is 59.5 Å². The van der Waals surface area contributed by atoms with E-state index in [2.05, 4.69) is 5.32 Å². The molecule has 5 nitrogen and oxygen atoms in total. The monoisotopic (exact) mass is 388 g/mol. The molecule has 0 aliphatic carbocycles. The van der Waals surface area contributed by atoms with Crippen LogP contribution in [0.4, 0.5) is 14.9 Å². The number of nitrogens with zero attached hydrogens (tertiary/aromatic N) is 1. The average Bonchev–Trinajstić information content (AvgIpc) is 2.94. The van der Waals surface area contributed by atoms with Gasteiger partial charge in [0, 0.05) is 17.8 Å². The van der Waals surface area contributed by atoms with E-state index >= 15 is 0 Å². The molecule has 2 atom stereocenters. The Bertz CT molecular complexity index is 917. The molecule has 2 amide bonds. The van der Waals surface area contributed by atoms with Gasteiger partial charge in [-0.05, 0) is 62.1 Å². The number of urea groups is 1. The number of carbonyl (C=O) groups excluding carboxylic acids is 1. The normalized spacial score (nSPS) is 24.6. The molecule has 4 rings (SSSR count). The van der Waals surface area contributed by atoms with Crippen molar-refractivity contribution in [1.82, 2.24) is 4.90 Å². The molecule has 2 aromatic carbocycles. The highest BCUT2D eigenvalue weighted by atomic mass is 32.2. The Hall–Kier alpha value is -2.41. The molecule has 1 N–H and O–H groups in total. The number of halogens is 1. The summed E-state index contributed by atoms with van der Waals surface area (Å²) in [5.74, 6) is -0.361. The first kappa shape index (κ1) is 18.0.